The highest BCUT2D eigenvalue weighted by Crippen LogP contribution is 2.49. The number of nitrogens with zero attached hydrogens (tertiary/aromatic N) is 3. The van der Waals surface area contributed by atoms with Crippen LogP contribution in [0.5, 0.6) is 0 Å². The van der Waals surface area contributed by atoms with Crippen LogP contribution in [-0.2, 0) is 11.3 Å². The van der Waals surface area contributed by atoms with Gasteiger partial charge in [-0.3, -0.25) is 14.5 Å². The summed E-state index contributed by atoms with van der Waals surface area (Å²) in [5.41, 5.74) is 1.61. The van der Waals surface area contributed by atoms with Crippen LogP contribution in [0.15, 0.2) is 23.0 Å². The maximum atomic E-state index is 13.2. The molecule has 30 heavy (non-hydrogen) atoms. The first-order chi connectivity index (χ1) is 14.5. The lowest BCUT2D eigenvalue weighted by Crippen LogP contribution is -2.48. The second kappa shape index (κ2) is 8.67. The van der Waals surface area contributed by atoms with Gasteiger partial charge in [0, 0.05) is 57.0 Å². The standard InChI is InChI=1S/C24H35N3O3/c1-4-8-17-11-12-19-22-21(24(30)25(2)3)18(15-28)20(14-27(19)23(17)29)26(22)13-16-9-6-5-7-10-16/h4,8,11-12,16,18,20-22,28H,5-7,9-10,13-15H2,1-3H3/b8-4-/t18-,20-,21+,22+/m0/s1. The second-order valence-corrected chi connectivity index (χ2v) is 9.45. The molecule has 4 atom stereocenters. The maximum Gasteiger partial charge on any atom is 0.258 e. The summed E-state index contributed by atoms with van der Waals surface area (Å²) in [6, 6.07) is 3.78. The molecule has 6 nitrogen and oxygen atoms in total. The van der Waals surface area contributed by atoms with Gasteiger partial charge in [0.05, 0.1) is 12.0 Å². The first kappa shape index (κ1) is 21.3. The van der Waals surface area contributed by atoms with E-state index in [2.05, 4.69) is 4.90 Å². The van der Waals surface area contributed by atoms with Crippen LogP contribution in [0.25, 0.3) is 6.08 Å². The lowest BCUT2D eigenvalue weighted by atomic mass is 9.86. The predicted molar refractivity (Wildman–Crippen MR) is 118 cm³/mol. The maximum absolute atomic E-state index is 13.2. The third-order valence-electron chi connectivity index (χ3n) is 7.47. The van der Waals surface area contributed by atoms with Crippen molar-refractivity contribution >= 4 is 12.0 Å². The molecule has 3 heterocycles. The van der Waals surface area contributed by atoms with Crippen LogP contribution in [0.4, 0.5) is 0 Å². The minimum absolute atomic E-state index is 0.00700. The molecule has 0 radical (unpaired) electrons. The molecule has 0 aromatic carbocycles. The van der Waals surface area contributed by atoms with Gasteiger partial charge in [-0.15, -0.1) is 0 Å². The number of allylic oxidation sites excluding steroid dienone is 1. The zero-order valence-corrected chi connectivity index (χ0v) is 18.5. The number of amides is 1. The predicted octanol–water partition coefficient (Wildman–Crippen LogP) is 2.51. The minimum Gasteiger partial charge on any atom is -0.396 e. The Balaban J connectivity index is 1.79. The van der Waals surface area contributed by atoms with Gasteiger partial charge in [-0.1, -0.05) is 31.4 Å². The van der Waals surface area contributed by atoms with Crippen molar-refractivity contribution < 1.29 is 9.90 Å². The number of aliphatic hydroxyl groups excluding tert-OH is 1. The van der Waals surface area contributed by atoms with E-state index in [-0.39, 0.29) is 42.0 Å². The summed E-state index contributed by atoms with van der Waals surface area (Å²) < 4.78 is 1.87. The molecule has 1 amide bonds. The van der Waals surface area contributed by atoms with E-state index >= 15 is 0 Å². The van der Waals surface area contributed by atoms with Crippen LogP contribution >= 0.6 is 0 Å². The van der Waals surface area contributed by atoms with Gasteiger partial charge in [0.15, 0.2) is 0 Å². The van der Waals surface area contributed by atoms with Crippen molar-refractivity contribution in [1.82, 2.24) is 14.4 Å². The lowest BCUT2D eigenvalue weighted by molar-refractivity contribution is -0.135. The van der Waals surface area contributed by atoms with Gasteiger partial charge in [-0.2, -0.15) is 0 Å². The molecule has 2 fully saturated rings. The zero-order valence-electron chi connectivity index (χ0n) is 18.5. The smallest absolute Gasteiger partial charge is 0.258 e. The molecule has 1 saturated heterocycles. The summed E-state index contributed by atoms with van der Waals surface area (Å²) >= 11 is 0. The van der Waals surface area contributed by atoms with Crippen molar-refractivity contribution in [3.05, 3.63) is 39.8 Å². The highest BCUT2D eigenvalue weighted by molar-refractivity contribution is 5.80. The van der Waals surface area contributed by atoms with Crippen molar-refractivity contribution in [2.75, 3.05) is 27.2 Å². The van der Waals surface area contributed by atoms with E-state index in [1.165, 1.54) is 32.1 Å². The molecule has 3 aliphatic rings. The van der Waals surface area contributed by atoms with Crippen molar-refractivity contribution in [1.29, 1.82) is 0 Å². The second-order valence-electron chi connectivity index (χ2n) is 9.45. The highest BCUT2D eigenvalue weighted by atomic mass is 16.3. The van der Waals surface area contributed by atoms with E-state index in [0.29, 0.717) is 18.0 Å². The Kier molecular flexibility index (Phi) is 6.16. The van der Waals surface area contributed by atoms with Gasteiger partial charge < -0.3 is 14.6 Å². The van der Waals surface area contributed by atoms with Crippen LogP contribution in [0.3, 0.4) is 0 Å². The van der Waals surface area contributed by atoms with Crippen LogP contribution in [0.1, 0.15) is 56.3 Å². The van der Waals surface area contributed by atoms with Gasteiger partial charge in [0.25, 0.3) is 5.56 Å². The molecule has 1 aromatic rings. The first-order valence-electron chi connectivity index (χ1n) is 11.4. The van der Waals surface area contributed by atoms with Gasteiger partial charge in [-0.05, 0) is 37.8 Å². The Morgan fingerprint density at radius 3 is 2.60 bits per heavy atom. The Morgan fingerprint density at radius 2 is 1.97 bits per heavy atom. The molecule has 4 rings (SSSR count). The summed E-state index contributed by atoms with van der Waals surface area (Å²) in [7, 11) is 3.57. The summed E-state index contributed by atoms with van der Waals surface area (Å²) in [5, 5.41) is 10.3. The van der Waals surface area contributed by atoms with E-state index in [9.17, 15) is 14.7 Å². The number of rotatable bonds is 5. The Hall–Kier alpha value is -1.92. The third kappa shape index (κ3) is 3.54. The van der Waals surface area contributed by atoms with E-state index in [4.69, 9.17) is 0 Å². The number of pyridine rings is 1. The average molecular weight is 414 g/mol. The number of aliphatic hydroxyl groups is 1. The molecule has 164 valence electrons. The summed E-state index contributed by atoms with van der Waals surface area (Å²) in [6.45, 7) is 3.38. The third-order valence-corrected chi connectivity index (χ3v) is 7.47. The average Bonchev–Trinajstić information content (AvgIpc) is 2.94. The molecule has 1 aliphatic carbocycles. The fraction of sp³-hybridized carbons (Fsp3) is 0.667. The lowest BCUT2D eigenvalue weighted by Gasteiger charge is -2.40. The summed E-state index contributed by atoms with van der Waals surface area (Å²) in [4.78, 5) is 30.5. The van der Waals surface area contributed by atoms with Crippen LogP contribution in [-0.4, -0.2) is 58.7 Å². The number of hydrogen-bond acceptors (Lipinski definition) is 4. The monoisotopic (exact) mass is 413 g/mol. The molecule has 1 aromatic heterocycles. The Labute approximate surface area is 179 Å². The molecule has 6 heteroatoms. The van der Waals surface area contributed by atoms with Crippen LogP contribution in [0.2, 0.25) is 0 Å². The number of hydrogen-bond donors (Lipinski definition) is 1. The molecule has 0 spiro atoms. The Bertz CT molecular complexity index is 869. The number of carbonyl (C=O) groups excluding carboxylic acids is 1. The number of aromatic nitrogens is 1. The normalized spacial score (nSPS) is 29.3. The quantitative estimate of drug-likeness (QED) is 0.806. The molecular formula is C24H35N3O3. The minimum atomic E-state index is -0.320. The van der Waals surface area contributed by atoms with Crippen molar-refractivity contribution in [2.24, 2.45) is 17.8 Å². The van der Waals surface area contributed by atoms with Crippen molar-refractivity contribution in [3.63, 3.8) is 0 Å². The van der Waals surface area contributed by atoms with E-state index in [1.807, 2.05) is 35.8 Å². The van der Waals surface area contributed by atoms with Gasteiger partial charge in [0.1, 0.15) is 0 Å². The number of fused-ring (bicyclic) bond motifs is 4. The molecule has 1 N–H and O–H groups in total. The fourth-order valence-electron chi connectivity index (χ4n) is 6.04. The van der Waals surface area contributed by atoms with Crippen LogP contribution < -0.4 is 5.56 Å². The topological polar surface area (TPSA) is 65.8 Å². The molecule has 0 unspecified atom stereocenters. The molecular weight excluding hydrogens is 378 g/mol. The first-order valence-corrected chi connectivity index (χ1v) is 11.4. The van der Waals surface area contributed by atoms with E-state index in [0.717, 1.165) is 12.2 Å². The molecule has 2 aliphatic heterocycles. The van der Waals surface area contributed by atoms with Crippen LogP contribution in [0, 0.1) is 17.8 Å². The molecule has 1 saturated carbocycles. The van der Waals surface area contributed by atoms with Gasteiger partial charge in [-0.25, -0.2) is 0 Å². The van der Waals surface area contributed by atoms with Crippen molar-refractivity contribution in [2.45, 2.75) is 57.7 Å². The van der Waals surface area contributed by atoms with Gasteiger partial charge in [0.2, 0.25) is 5.91 Å². The SMILES string of the molecule is C/C=C\c1ccc2n(c1=O)C[C@H]1[C@H](CO)[C@@H](C(=O)N(C)C)[C@@H]2N1CC1CCCCC1. The highest BCUT2D eigenvalue weighted by Gasteiger charge is 2.56. The van der Waals surface area contributed by atoms with E-state index < -0.39 is 0 Å². The van der Waals surface area contributed by atoms with Crippen molar-refractivity contribution in [3.8, 4) is 0 Å². The fourth-order valence-corrected chi connectivity index (χ4v) is 6.04. The zero-order chi connectivity index (χ0) is 21.4. The summed E-state index contributed by atoms with van der Waals surface area (Å²) in [5.74, 6) is 0.211. The van der Waals surface area contributed by atoms with E-state index in [1.54, 1.807) is 19.0 Å². The largest absolute Gasteiger partial charge is 0.396 e. The summed E-state index contributed by atoms with van der Waals surface area (Å²) in [6.07, 6.45) is 10.1. The molecule has 2 bridgehead atoms. The Morgan fingerprint density at radius 1 is 1.23 bits per heavy atom. The number of carbonyl (C=O) groups is 1. The van der Waals surface area contributed by atoms with Gasteiger partial charge >= 0.3 is 0 Å².